The number of carbonyl (C=O) groups excluding carboxylic acids is 1. The maximum Gasteiger partial charge on any atom is 0.348 e. The van der Waals surface area contributed by atoms with Gasteiger partial charge in [0.05, 0.1) is 28.2 Å². The monoisotopic (exact) mass is 328 g/mol. The lowest BCUT2D eigenvalue weighted by Crippen LogP contribution is -2.13. The number of methoxy groups -OCH3 is 1. The van der Waals surface area contributed by atoms with Crippen molar-refractivity contribution in [2.45, 2.75) is 0 Å². The Morgan fingerprint density at radius 1 is 1.30 bits per heavy atom. The Morgan fingerprint density at radius 3 is 2.70 bits per heavy atom. The van der Waals surface area contributed by atoms with Gasteiger partial charge in [-0.05, 0) is 12.1 Å². The highest BCUT2D eigenvalue weighted by atomic mass is 35.5. The van der Waals surface area contributed by atoms with Crippen LogP contribution in [-0.2, 0) is 4.74 Å². The van der Waals surface area contributed by atoms with Crippen LogP contribution >= 0.6 is 34.5 Å². The van der Waals surface area contributed by atoms with Crippen LogP contribution in [0.1, 0.15) is 9.67 Å². The van der Waals surface area contributed by atoms with Crippen LogP contribution in [0.25, 0.3) is 16.0 Å². The number of imidazole rings is 1. The molecule has 0 N–H and O–H groups in total. The summed E-state index contributed by atoms with van der Waals surface area (Å²) in [5.74, 6) is -0.572. The summed E-state index contributed by atoms with van der Waals surface area (Å²) in [6.07, 6.45) is 0. The number of carbonyl (C=O) groups is 1. The molecule has 0 bridgehead atoms. The Balaban J connectivity index is 2.42. The Bertz CT molecular complexity index is 916. The van der Waals surface area contributed by atoms with E-state index >= 15 is 0 Å². The Hall–Kier alpha value is -1.63. The van der Waals surface area contributed by atoms with Gasteiger partial charge in [0.25, 0.3) is 5.56 Å². The molecule has 0 aliphatic rings. The van der Waals surface area contributed by atoms with Crippen molar-refractivity contribution >= 4 is 56.5 Å². The normalized spacial score (nSPS) is 11.2. The number of halogens is 2. The van der Waals surface area contributed by atoms with E-state index < -0.39 is 5.97 Å². The van der Waals surface area contributed by atoms with Crippen LogP contribution in [0.2, 0.25) is 10.0 Å². The fourth-order valence-electron chi connectivity index (χ4n) is 1.84. The molecule has 5 nitrogen and oxygen atoms in total. The molecule has 2 heterocycles. The van der Waals surface area contributed by atoms with Gasteiger partial charge in [-0.15, -0.1) is 0 Å². The molecule has 0 saturated carbocycles. The number of benzene rings is 1. The highest BCUT2D eigenvalue weighted by molar-refractivity contribution is 7.18. The van der Waals surface area contributed by atoms with Crippen molar-refractivity contribution in [3.05, 3.63) is 43.5 Å². The first-order chi connectivity index (χ1) is 9.51. The number of hydrogen-bond donors (Lipinski definition) is 0. The molecule has 8 heteroatoms. The predicted molar refractivity (Wildman–Crippen MR) is 78.2 cm³/mol. The summed E-state index contributed by atoms with van der Waals surface area (Å²) < 4.78 is 5.99. The molecule has 0 saturated heterocycles. The predicted octanol–water partition coefficient (Wildman–Crippen LogP) is 3.00. The number of ether oxygens (including phenoxy) is 1. The smallest absolute Gasteiger partial charge is 0.348 e. The quantitative estimate of drug-likeness (QED) is 0.644. The molecule has 0 fully saturated rings. The second kappa shape index (κ2) is 4.73. The fourth-order valence-corrected chi connectivity index (χ4v) is 3.10. The third kappa shape index (κ3) is 1.96. The summed E-state index contributed by atoms with van der Waals surface area (Å²) in [5.41, 5.74) is 0.710. The molecule has 20 heavy (non-hydrogen) atoms. The van der Waals surface area contributed by atoms with Crippen molar-refractivity contribution in [3.8, 4) is 0 Å². The number of rotatable bonds is 1. The van der Waals surface area contributed by atoms with Crippen LogP contribution in [0.3, 0.4) is 0 Å². The fraction of sp³-hybridized carbons (Fsp3) is 0.0833. The molecule has 0 atom stereocenters. The van der Waals surface area contributed by atoms with E-state index in [0.29, 0.717) is 26.0 Å². The minimum Gasteiger partial charge on any atom is -0.465 e. The van der Waals surface area contributed by atoms with Crippen molar-refractivity contribution < 1.29 is 9.53 Å². The van der Waals surface area contributed by atoms with Gasteiger partial charge >= 0.3 is 5.97 Å². The van der Waals surface area contributed by atoms with Crippen LogP contribution < -0.4 is 5.56 Å². The topological polar surface area (TPSA) is 60.7 Å². The first-order valence-electron chi connectivity index (χ1n) is 5.41. The third-order valence-corrected chi connectivity index (χ3v) is 4.41. The number of esters is 1. The summed E-state index contributed by atoms with van der Waals surface area (Å²) in [5, 5.41) is 0.690. The Morgan fingerprint density at radius 2 is 2.00 bits per heavy atom. The van der Waals surface area contributed by atoms with E-state index in [0.717, 1.165) is 11.3 Å². The third-order valence-electron chi connectivity index (χ3n) is 2.73. The molecule has 102 valence electrons. The van der Waals surface area contributed by atoms with Gasteiger partial charge in [0, 0.05) is 6.07 Å². The summed E-state index contributed by atoms with van der Waals surface area (Å²) in [6, 6.07) is 4.37. The molecule has 0 aliphatic carbocycles. The zero-order valence-corrected chi connectivity index (χ0v) is 12.3. The number of aromatic nitrogens is 2. The highest BCUT2D eigenvalue weighted by Crippen LogP contribution is 2.28. The van der Waals surface area contributed by atoms with Gasteiger partial charge in [0.2, 0.25) is 0 Å². The zero-order chi connectivity index (χ0) is 14.4. The van der Waals surface area contributed by atoms with Gasteiger partial charge in [-0.2, -0.15) is 0 Å². The second-order valence-corrected chi connectivity index (χ2v) is 5.75. The SMILES string of the molecule is COC(=O)c1cc(=O)n2c(nc3cc(Cl)c(Cl)cc32)s1. The van der Waals surface area contributed by atoms with Gasteiger partial charge in [-0.3, -0.25) is 9.20 Å². The molecule has 0 unspecified atom stereocenters. The Labute approximate surface area is 126 Å². The average Bonchev–Trinajstić information content (AvgIpc) is 2.76. The highest BCUT2D eigenvalue weighted by Gasteiger charge is 2.15. The molecular formula is C12H6Cl2N2O3S. The zero-order valence-electron chi connectivity index (χ0n) is 10.0. The van der Waals surface area contributed by atoms with Crippen molar-refractivity contribution in [1.82, 2.24) is 9.38 Å². The summed E-state index contributed by atoms with van der Waals surface area (Å²) >= 11 is 12.9. The van der Waals surface area contributed by atoms with Gasteiger partial charge in [0.15, 0.2) is 4.96 Å². The lowest BCUT2D eigenvalue weighted by atomic mass is 10.3. The average molecular weight is 329 g/mol. The van der Waals surface area contributed by atoms with E-state index in [1.54, 1.807) is 12.1 Å². The molecule has 0 aliphatic heterocycles. The molecule has 0 spiro atoms. The van der Waals surface area contributed by atoms with Gasteiger partial charge in [0.1, 0.15) is 4.88 Å². The maximum absolute atomic E-state index is 12.1. The minimum absolute atomic E-state index is 0.192. The molecule has 3 rings (SSSR count). The van der Waals surface area contributed by atoms with E-state index in [1.165, 1.54) is 17.6 Å². The number of fused-ring (bicyclic) bond motifs is 3. The summed E-state index contributed by atoms with van der Waals surface area (Å²) in [7, 11) is 1.26. The Kier molecular flexibility index (Phi) is 3.16. The van der Waals surface area contributed by atoms with Crippen LogP contribution in [0.15, 0.2) is 23.0 Å². The number of nitrogens with zero attached hydrogens (tertiary/aromatic N) is 2. The molecular weight excluding hydrogens is 323 g/mol. The van der Waals surface area contributed by atoms with Crippen LogP contribution in [-0.4, -0.2) is 22.5 Å². The molecule has 2 aromatic heterocycles. The van der Waals surface area contributed by atoms with E-state index in [2.05, 4.69) is 9.72 Å². The number of hydrogen-bond acceptors (Lipinski definition) is 5. The summed E-state index contributed by atoms with van der Waals surface area (Å²) in [4.78, 5) is 28.5. The van der Waals surface area contributed by atoms with E-state index in [4.69, 9.17) is 23.2 Å². The maximum atomic E-state index is 12.1. The lowest BCUT2D eigenvalue weighted by molar-refractivity contribution is 0.0606. The van der Waals surface area contributed by atoms with Crippen LogP contribution in [0, 0.1) is 0 Å². The summed E-state index contributed by atoms with van der Waals surface area (Å²) in [6.45, 7) is 0. The van der Waals surface area contributed by atoms with Crippen LogP contribution in [0.4, 0.5) is 0 Å². The van der Waals surface area contributed by atoms with E-state index in [9.17, 15) is 9.59 Å². The lowest BCUT2D eigenvalue weighted by Gasteiger charge is -1.99. The van der Waals surface area contributed by atoms with Crippen molar-refractivity contribution in [3.63, 3.8) is 0 Å². The molecule has 0 radical (unpaired) electrons. The van der Waals surface area contributed by atoms with E-state index in [-0.39, 0.29) is 10.4 Å². The molecule has 1 aromatic carbocycles. The molecule has 0 amide bonds. The van der Waals surface area contributed by atoms with Crippen LogP contribution in [0.5, 0.6) is 0 Å². The van der Waals surface area contributed by atoms with Crippen molar-refractivity contribution in [2.24, 2.45) is 0 Å². The van der Waals surface area contributed by atoms with Gasteiger partial charge in [-0.1, -0.05) is 34.5 Å². The first kappa shape index (κ1) is 13.4. The van der Waals surface area contributed by atoms with Crippen molar-refractivity contribution in [2.75, 3.05) is 7.11 Å². The van der Waals surface area contributed by atoms with Gasteiger partial charge < -0.3 is 4.74 Å². The van der Waals surface area contributed by atoms with Crippen molar-refractivity contribution in [1.29, 1.82) is 0 Å². The van der Waals surface area contributed by atoms with Gasteiger partial charge in [-0.25, -0.2) is 9.78 Å². The first-order valence-corrected chi connectivity index (χ1v) is 6.98. The second-order valence-electron chi connectivity index (χ2n) is 3.93. The minimum atomic E-state index is -0.572. The standard InChI is InChI=1S/C12H6Cl2N2O3S/c1-19-11(18)9-4-10(17)16-8-3-6(14)5(13)2-7(8)15-12(16)20-9/h2-4H,1H3. The largest absolute Gasteiger partial charge is 0.465 e. The molecule has 3 aromatic rings. The van der Waals surface area contributed by atoms with E-state index in [1.807, 2.05) is 0 Å².